The lowest BCUT2D eigenvalue weighted by atomic mass is 10.2. The Morgan fingerprint density at radius 2 is 2.07 bits per heavy atom. The van der Waals surface area contributed by atoms with E-state index in [2.05, 4.69) is 4.98 Å². The Kier molecular flexibility index (Phi) is 2.67. The highest BCUT2D eigenvalue weighted by atomic mass is 35.5. The standard InChI is InChI=1S/C11H11ClN2S/c1-7-3-4-9(5-10(7)12)14-8(2)6-13-11(14)15/h3-6H,1-2H3,(H,13,15). The van der Waals surface area contributed by atoms with Gasteiger partial charge in [0.2, 0.25) is 0 Å². The zero-order valence-corrected chi connectivity index (χ0v) is 10.1. The second kappa shape index (κ2) is 3.83. The van der Waals surface area contributed by atoms with Crippen LogP contribution < -0.4 is 0 Å². The normalized spacial score (nSPS) is 10.6. The van der Waals surface area contributed by atoms with Crippen LogP contribution in [0, 0.1) is 18.6 Å². The van der Waals surface area contributed by atoms with Gasteiger partial charge >= 0.3 is 0 Å². The molecule has 1 N–H and O–H groups in total. The van der Waals surface area contributed by atoms with Gasteiger partial charge < -0.3 is 4.98 Å². The molecule has 0 atom stereocenters. The molecule has 1 aromatic heterocycles. The van der Waals surface area contributed by atoms with Crippen molar-refractivity contribution in [2.75, 3.05) is 0 Å². The van der Waals surface area contributed by atoms with Crippen molar-refractivity contribution < 1.29 is 0 Å². The number of benzene rings is 1. The molecule has 15 heavy (non-hydrogen) atoms. The van der Waals surface area contributed by atoms with Gasteiger partial charge in [-0.05, 0) is 43.8 Å². The van der Waals surface area contributed by atoms with Crippen molar-refractivity contribution in [3.05, 3.63) is 45.4 Å². The summed E-state index contributed by atoms with van der Waals surface area (Å²) in [5.41, 5.74) is 3.13. The Balaban J connectivity index is 2.65. The fraction of sp³-hybridized carbons (Fsp3) is 0.182. The molecule has 0 saturated heterocycles. The van der Waals surface area contributed by atoms with E-state index >= 15 is 0 Å². The molecule has 0 bridgehead atoms. The molecule has 78 valence electrons. The number of aromatic nitrogens is 2. The number of hydrogen-bond donors (Lipinski definition) is 1. The molecule has 0 aliphatic carbocycles. The van der Waals surface area contributed by atoms with Crippen LogP contribution in [0.4, 0.5) is 0 Å². The molecule has 0 spiro atoms. The van der Waals surface area contributed by atoms with E-state index in [-0.39, 0.29) is 0 Å². The fourth-order valence-corrected chi connectivity index (χ4v) is 1.98. The van der Waals surface area contributed by atoms with Gasteiger partial charge in [-0.3, -0.25) is 4.57 Å². The second-order valence-corrected chi connectivity index (χ2v) is 4.30. The number of aryl methyl sites for hydroxylation is 2. The van der Waals surface area contributed by atoms with Gasteiger partial charge in [-0.25, -0.2) is 0 Å². The van der Waals surface area contributed by atoms with Crippen LogP contribution in [-0.2, 0) is 0 Å². The number of hydrogen-bond acceptors (Lipinski definition) is 1. The van der Waals surface area contributed by atoms with Crippen LogP contribution in [0.15, 0.2) is 24.4 Å². The van der Waals surface area contributed by atoms with E-state index in [1.54, 1.807) is 0 Å². The number of rotatable bonds is 1. The Labute approximate surface area is 98.5 Å². The van der Waals surface area contributed by atoms with Gasteiger partial charge in [-0.1, -0.05) is 17.7 Å². The maximum absolute atomic E-state index is 6.08. The first kappa shape index (κ1) is 10.5. The van der Waals surface area contributed by atoms with Crippen LogP contribution in [0.5, 0.6) is 0 Å². The maximum atomic E-state index is 6.08. The van der Waals surface area contributed by atoms with Crippen molar-refractivity contribution in [3.8, 4) is 5.69 Å². The Morgan fingerprint density at radius 3 is 2.60 bits per heavy atom. The summed E-state index contributed by atoms with van der Waals surface area (Å²) in [4.78, 5) is 3.00. The number of halogens is 1. The van der Waals surface area contributed by atoms with E-state index in [0.29, 0.717) is 4.77 Å². The number of aromatic amines is 1. The topological polar surface area (TPSA) is 20.7 Å². The quantitative estimate of drug-likeness (QED) is 0.750. The van der Waals surface area contributed by atoms with E-state index in [0.717, 1.165) is 22.0 Å². The van der Waals surface area contributed by atoms with Crippen molar-refractivity contribution in [3.63, 3.8) is 0 Å². The van der Waals surface area contributed by atoms with Gasteiger partial charge in [-0.15, -0.1) is 0 Å². The predicted octanol–water partition coefficient (Wildman–Crippen LogP) is 3.81. The van der Waals surface area contributed by atoms with Gasteiger partial charge in [-0.2, -0.15) is 0 Å². The molecule has 2 rings (SSSR count). The first-order valence-electron chi connectivity index (χ1n) is 4.63. The summed E-state index contributed by atoms with van der Waals surface area (Å²) < 4.78 is 2.65. The van der Waals surface area contributed by atoms with Crippen molar-refractivity contribution in [2.24, 2.45) is 0 Å². The molecule has 0 fully saturated rings. The highest BCUT2D eigenvalue weighted by Gasteiger charge is 2.04. The number of nitrogens with zero attached hydrogens (tertiary/aromatic N) is 1. The molecule has 2 nitrogen and oxygen atoms in total. The van der Waals surface area contributed by atoms with Crippen LogP contribution >= 0.6 is 23.8 Å². The van der Waals surface area contributed by atoms with E-state index in [1.165, 1.54) is 0 Å². The minimum absolute atomic E-state index is 0.687. The molecular weight excluding hydrogens is 228 g/mol. The van der Waals surface area contributed by atoms with Crippen LogP contribution in [0.3, 0.4) is 0 Å². The molecule has 0 saturated carbocycles. The minimum Gasteiger partial charge on any atom is -0.337 e. The Bertz CT molecular complexity index is 554. The lowest BCUT2D eigenvalue weighted by Gasteiger charge is -2.06. The lowest BCUT2D eigenvalue weighted by Crippen LogP contribution is -1.96. The number of H-pyrrole nitrogens is 1. The fourth-order valence-electron chi connectivity index (χ4n) is 1.50. The average molecular weight is 239 g/mol. The molecular formula is C11H11ClN2S. The van der Waals surface area contributed by atoms with Gasteiger partial charge in [0.25, 0.3) is 0 Å². The summed E-state index contributed by atoms with van der Waals surface area (Å²) in [5.74, 6) is 0. The minimum atomic E-state index is 0.687. The molecule has 0 aliphatic rings. The summed E-state index contributed by atoms with van der Waals surface area (Å²) >= 11 is 11.3. The van der Waals surface area contributed by atoms with Crippen LogP contribution in [0.2, 0.25) is 5.02 Å². The number of nitrogens with one attached hydrogen (secondary N) is 1. The molecule has 4 heteroatoms. The highest BCUT2D eigenvalue weighted by Crippen LogP contribution is 2.20. The third kappa shape index (κ3) is 1.85. The Hall–Kier alpha value is -1.06. The van der Waals surface area contributed by atoms with E-state index in [4.69, 9.17) is 23.8 Å². The van der Waals surface area contributed by atoms with Gasteiger partial charge in [0, 0.05) is 22.6 Å². The molecule has 0 amide bonds. The lowest BCUT2D eigenvalue weighted by molar-refractivity contribution is 0.984. The van der Waals surface area contributed by atoms with Crippen LogP contribution in [0.25, 0.3) is 5.69 Å². The zero-order chi connectivity index (χ0) is 11.0. The largest absolute Gasteiger partial charge is 0.337 e. The summed E-state index contributed by atoms with van der Waals surface area (Å²) in [6, 6.07) is 5.93. The maximum Gasteiger partial charge on any atom is 0.182 e. The summed E-state index contributed by atoms with van der Waals surface area (Å²) in [6.07, 6.45) is 1.89. The van der Waals surface area contributed by atoms with Crippen molar-refractivity contribution in [1.82, 2.24) is 9.55 Å². The van der Waals surface area contributed by atoms with E-state index in [9.17, 15) is 0 Å². The smallest absolute Gasteiger partial charge is 0.182 e. The first-order chi connectivity index (χ1) is 7.09. The van der Waals surface area contributed by atoms with Crippen molar-refractivity contribution in [1.29, 1.82) is 0 Å². The molecule has 1 heterocycles. The predicted molar refractivity (Wildman–Crippen MR) is 65.4 cm³/mol. The number of imidazole rings is 1. The zero-order valence-electron chi connectivity index (χ0n) is 8.54. The van der Waals surface area contributed by atoms with Crippen LogP contribution in [0.1, 0.15) is 11.3 Å². The van der Waals surface area contributed by atoms with Crippen LogP contribution in [-0.4, -0.2) is 9.55 Å². The summed E-state index contributed by atoms with van der Waals surface area (Å²) in [5, 5.41) is 0.759. The third-order valence-corrected chi connectivity index (χ3v) is 3.08. The van der Waals surface area contributed by atoms with E-state index < -0.39 is 0 Å². The van der Waals surface area contributed by atoms with Crippen molar-refractivity contribution >= 4 is 23.8 Å². The molecule has 0 unspecified atom stereocenters. The third-order valence-electron chi connectivity index (χ3n) is 2.37. The van der Waals surface area contributed by atoms with Gasteiger partial charge in [0.15, 0.2) is 4.77 Å². The van der Waals surface area contributed by atoms with Crippen molar-refractivity contribution in [2.45, 2.75) is 13.8 Å². The molecule has 2 aromatic rings. The molecule has 0 aliphatic heterocycles. The van der Waals surface area contributed by atoms with Gasteiger partial charge in [0.1, 0.15) is 0 Å². The SMILES string of the molecule is Cc1ccc(-n2c(C)c[nH]c2=S)cc1Cl. The molecule has 0 radical (unpaired) electrons. The van der Waals surface area contributed by atoms with Gasteiger partial charge in [0.05, 0.1) is 0 Å². The summed E-state index contributed by atoms with van der Waals surface area (Å²) in [7, 11) is 0. The molecule has 1 aromatic carbocycles. The monoisotopic (exact) mass is 238 g/mol. The first-order valence-corrected chi connectivity index (χ1v) is 5.42. The highest BCUT2D eigenvalue weighted by molar-refractivity contribution is 7.71. The second-order valence-electron chi connectivity index (χ2n) is 3.50. The Morgan fingerprint density at radius 1 is 1.33 bits per heavy atom. The average Bonchev–Trinajstić information content (AvgIpc) is 2.52. The van der Waals surface area contributed by atoms with E-state index in [1.807, 2.05) is 42.8 Å². The summed E-state index contributed by atoms with van der Waals surface area (Å²) in [6.45, 7) is 3.98.